The summed E-state index contributed by atoms with van der Waals surface area (Å²) in [5.74, 6) is -3.71. The summed E-state index contributed by atoms with van der Waals surface area (Å²) in [6, 6.07) is 5.95. The minimum Gasteiger partial charge on any atom is -0.473 e. The molecule has 0 saturated heterocycles. The molecule has 0 aliphatic heterocycles. The molecule has 1 rings (SSSR count). The zero-order valence-corrected chi connectivity index (χ0v) is 13.1. The van der Waals surface area contributed by atoms with Crippen molar-refractivity contribution < 1.29 is 29.7 Å². The SMILES string of the molecule is Cc1cc(C)cc(NC(=O)CNCCCO)c1.O=C(O)C(=O)O. The lowest BCUT2D eigenvalue weighted by Gasteiger charge is -2.08. The third-order valence-electron chi connectivity index (χ3n) is 2.49. The van der Waals surface area contributed by atoms with Crippen LogP contribution in [0, 0.1) is 13.8 Å². The van der Waals surface area contributed by atoms with Crippen molar-refractivity contribution in [3.05, 3.63) is 29.3 Å². The summed E-state index contributed by atoms with van der Waals surface area (Å²) in [5, 5.41) is 29.2. The highest BCUT2D eigenvalue weighted by atomic mass is 16.4. The summed E-state index contributed by atoms with van der Waals surface area (Å²) in [5.41, 5.74) is 3.10. The summed E-state index contributed by atoms with van der Waals surface area (Å²) in [7, 11) is 0. The average molecular weight is 326 g/mol. The number of nitrogens with one attached hydrogen (secondary N) is 2. The van der Waals surface area contributed by atoms with Gasteiger partial charge in [0.05, 0.1) is 6.54 Å². The largest absolute Gasteiger partial charge is 0.473 e. The fraction of sp³-hybridized carbons (Fsp3) is 0.400. The molecule has 128 valence electrons. The number of aliphatic carboxylic acids is 2. The van der Waals surface area contributed by atoms with Crippen molar-refractivity contribution in [2.45, 2.75) is 20.3 Å². The third-order valence-corrected chi connectivity index (χ3v) is 2.49. The molecule has 0 spiro atoms. The van der Waals surface area contributed by atoms with E-state index in [-0.39, 0.29) is 19.1 Å². The lowest BCUT2D eigenvalue weighted by atomic mass is 10.1. The van der Waals surface area contributed by atoms with Gasteiger partial charge in [-0.1, -0.05) is 6.07 Å². The van der Waals surface area contributed by atoms with Gasteiger partial charge in [-0.3, -0.25) is 4.79 Å². The lowest BCUT2D eigenvalue weighted by molar-refractivity contribution is -0.159. The van der Waals surface area contributed by atoms with Crippen molar-refractivity contribution in [3.63, 3.8) is 0 Å². The van der Waals surface area contributed by atoms with Crippen LogP contribution in [-0.2, 0) is 14.4 Å². The Morgan fingerprint density at radius 1 is 1.00 bits per heavy atom. The number of carbonyl (C=O) groups is 3. The number of carbonyl (C=O) groups excluding carboxylic acids is 1. The van der Waals surface area contributed by atoms with Gasteiger partial charge in [-0.05, 0) is 50.1 Å². The molecule has 0 fully saturated rings. The highest BCUT2D eigenvalue weighted by molar-refractivity contribution is 6.27. The summed E-state index contributed by atoms with van der Waals surface area (Å²) >= 11 is 0. The standard InChI is InChI=1S/C13H20N2O2.C2H2O4/c1-10-6-11(2)8-12(7-10)15-13(17)9-14-4-3-5-16;3-1(4)2(5)6/h6-8,14,16H,3-5,9H2,1-2H3,(H,15,17);(H,3,4)(H,5,6). The van der Waals surface area contributed by atoms with Gasteiger partial charge in [0.25, 0.3) is 0 Å². The van der Waals surface area contributed by atoms with Gasteiger partial charge in [-0.2, -0.15) is 0 Å². The van der Waals surface area contributed by atoms with Crippen LogP contribution in [-0.4, -0.2) is 52.9 Å². The molecule has 0 aliphatic carbocycles. The Hall–Kier alpha value is -2.45. The molecular formula is C15H22N2O6. The molecule has 8 heteroatoms. The van der Waals surface area contributed by atoms with Gasteiger partial charge in [-0.15, -0.1) is 0 Å². The van der Waals surface area contributed by atoms with Gasteiger partial charge in [0, 0.05) is 12.3 Å². The summed E-state index contributed by atoms with van der Waals surface area (Å²) in [4.78, 5) is 29.8. The maximum atomic E-state index is 11.6. The van der Waals surface area contributed by atoms with Crippen LogP contribution in [0.2, 0.25) is 0 Å². The first-order valence-corrected chi connectivity index (χ1v) is 6.92. The van der Waals surface area contributed by atoms with E-state index in [2.05, 4.69) is 16.7 Å². The number of aryl methyl sites for hydroxylation is 2. The smallest absolute Gasteiger partial charge is 0.414 e. The van der Waals surface area contributed by atoms with Crippen molar-refractivity contribution >= 4 is 23.5 Å². The van der Waals surface area contributed by atoms with Gasteiger partial charge >= 0.3 is 11.9 Å². The summed E-state index contributed by atoms with van der Waals surface area (Å²) in [6.45, 7) is 5.07. The maximum absolute atomic E-state index is 11.6. The van der Waals surface area contributed by atoms with Crippen LogP contribution >= 0.6 is 0 Å². The van der Waals surface area contributed by atoms with Crippen molar-refractivity contribution in [3.8, 4) is 0 Å². The fourth-order valence-corrected chi connectivity index (χ4v) is 1.66. The third kappa shape index (κ3) is 10.9. The number of hydrogen-bond acceptors (Lipinski definition) is 5. The van der Waals surface area contributed by atoms with E-state index in [9.17, 15) is 4.79 Å². The predicted molar refractivity (Wildman–Crippen MR) is 84.4 cm³/mol. The average Bonchev–Trinajstić information content (AvgIpc) is 2.43. The number of rotatable bonds is 6. The second-order valence-corrected chi connectivity index (χ2v) is 4.79. The van der Waals surface area contributed by atoms with E-state index in [0.29, 0.717) is 13.0 Å². The van der Waals surface area contributed by atoms with Crippen LogP contribution in [0.15, 0.2) is 18.2 Å². The highest BCUT2D eigenvalue weighted by Gasteiger charge is 2.04. The number of carboxylic acid groups (broad SMARTS) is 2. The second kappa shape index (κ2) is 11.2. The molecular weight excluding hydrogens is 304 g/mol. The molecule has 0 radical (unpaired) electrons. The highest BCUT2D eigenvalue weighted by Crippen LogP contribution is 2.13. The van der Waals surface area contributed by atoms with E-state index in [0.717, 1.165) is 16.8 Å². The van der Waals surface area contributed by atoms with Crippen molar-refractivity contribution in [2.24, 2.45) is 0 Å². The Balaban J connectivity index is 0.000000688. The zero-order chi connectivity index (χ0) is 17.8. The first-order valence-electron chi connectivity index (χ1n) is 6.92. The summed E-state index contributed by atoms with van der Waals surface area (Å²) < 4.78 is 0. The Bertz CT molecular complexity index is 513. The number of aliphatic hydroxyl groups is 1. The van der Waals surface area contributed by atoms with E-state index < -0.39 is 11.9 Å². The van der Waals surface area contributed by atoms with Crippen LogP contribution in [0.25, 0.3) is 0 Å². The van der Waals surface area contributed by atoms with Gasteiger partial charge < -0.3 is 26.0 Å². The van der Waals surface area contributed by atoms with Gasteiger partial charge in [-0.25, -0.2) is 9.59 Å². The van der Waals surface area contributed by atoms with Gasteiger partial charge in [0.15, 0.2) is 0 Å². The molecule has 0 bridgehead atoms. The van der Waals surface area contributed by atoms with E-state index in [4.69, 9.17) is 24.9 Å². The normalized spacial score (nSPS) is 9.52. The number of benzene rings is 1. The van der Waals surface area contributed by atoms with Crippen molar-refractivity contribution in [1.29, 1.82) is 0 Å². The first-order chi connectivity index (χ1) is 10.8. The van der Waals surface area contributed by atoms with E-state index >= 15 is 0 Å². The molecule has 1 amide bonds. The monoisotopic (exact) mass is 326 g/mol. The Morgan fingerprint density at radius 2 is 1.52 bits per heavy atom. The molecule has 1 aromatic rings. The minimum atomic E-state index is -1.82. The first kappa shape index (κ1) is 20.6. The molecule has 0 unspecified atom stereocenters. The van der Waals surface area contributed by atoms with Crippen molar-refractivity contribution in [1.82, 2.24) is 5.32 Å². The Kier molecular flexibility index (Phi) is 9.97. The van der Waals surface area contributed by atoms with E-state index in [1.807, 2.05) is 26.0 Å². The number of carboxylic acids is 2. The van der Waals surface area contributed by atoms with E-state index in [1.54, 1.807) is 0 Å². The molecule has 0 aliphatic rings. The van der Waals surface area contributed by atoms with Gasteiger partial charge in [0.1, 0.15) is 0 Å². The number of anilines is 1. The Labute approximate surface area is 134 Å². The molecule has 5 N–H and O–H groups in total. The molecule has 1 aromatic carbocycles. The maximum Gasteiger partial charge on any atom is 0.414 e. The van der Waals surface area contributed by atoms with Crippen molar-refractivity contribution in [2.75, 3.05) is 25.0 Å². The fourth-order valence-electron chi connectivity index (χ4n) is 1.66. The zero-order valence-electron chi connectivity index (χ0n) is 13.1. The van der Waals surface area contributed by atoms with Crippen LogP contribution in [0.1, 0.15) is 17.5 Å². The second-order valence-electron chi connectivity index (χ2n) is 4.79. The van der Waals surface area contributed by atoms with Crippen LogP contribution in [0.4, 0.5) is 5.69 Å². The summed E-state index contributed by atoms with van der Waals surface area (Å²) in [6.07, 6.45) is 0.664. The predicted octanol–water partition coefficient (Wildman–Crippen LogP) is 0.370. The van der Waals surface area contributed by atoms with Gasteiger partial charge in [0.2, 0.25) is 5.91 Å². The molecule has 0 atom stereocenters. The topological polar surface area (TPSA) is 136 Å². The molecule has 0 saturated carbocycles. The minimum absolute atomic E-state index is 0.0621. The van der Waals surface area contributed by atoms with Crippen LogP contribution in [0.3, 0.4) is 0 Å². The van der Waals surface area contributed by atoms with Crippen LogP contribution in [0.5, 0.6) is 0 Å². The molecule has 8 nitrogen and oxygen atoms in total. The number of hydrogen-bond donors (Lipinski definition) is 5. The quantitative estimate of drug-likeness (QED) is 0.376. The molecule has 23 heavy (non-hydrogen) atoms. The molecule has 0 heterocycles. The van der Waals surface area contributed by atoms with Crippen LogP contribution < -0.4 is 10.6 Å². The van der Waals surface area contributed by atoms with E-state index in [1.165, 1.54) is 0 Å². The number of aliphatic hydroxyl groups excluding tert-OH is 1. The Morgan fingerprint density at radius 3 is 1.96 bits per heavy atom. The molecule has 0 aromatic heterocycles. The lowest BCUT2D eigenvalue weighted by Crippen LogP contribution is -2.29. The number of amides is 1.